The first-order chi connectivity index (χ1) is 6.20. The summed E-state index contributed by atoms with van der Waals surface area (Å²) in [6.07, 6.45) is 3.31. The van der Waals surface area contributed by atoms with Gasteiger partial charge in [-0.1, -0.05) is 0 Å². The molecule has 1 saturated carbocycles. The molecule has 0 spiro atoms. The molecule has 0 aromatic carbocycles. The summed E-state index contributed by atoms with van der Waals surface area (Å²) in [7, 11) is 0. The van der Waals surface area contributed by atoms with E-state index in [1.807, 2.05) is 0 Å². The first-order valence-corrected chi connectivity index (χ1v) is 4.04. The van der Waals surface area contributed by atoms with Crippen LogP contribution in [0.2, 0.25) is 0 Å². The maximum Gasteiger partial charge on any atom is 0.341 e. The third kappa shape index (κ3) is 1.32. The van der Waals surface area contributed by atoms with Crippen molar-refractivity contribution in [1.29, 1.82) is 0 Å². The first-order valence-electron chi connectivity index (χ1n) is 4.04. The molecule has 3 N–H and O–H groups in total. The highest BCUT2D eigenvalue weighted by atomic mass is 16.4. The van der Waals surface area contributed by atoms with E-state index in [4.69, 9.17) is 10.8 Å². The molecule has 1 aromatic heterocycles. The molecule has 5 nitrogen and oxygen atoms in total. The number of hydrogen-bond acceptors (Lipinski definition) is 4. The summed E-state index contributed by atoms with van der Waals surface area (Å²) in [4.78, 5) is 18.4. The zero-order chi connectivity index (χ0) is 9.42. The van der Waals surface area contributed by atoms with Gasteiger partial charge in [-0.25, -0.2) is 14.8 Å². The molecule has 68 valence electrons. The van der Waals surface area contributed by atoms with Gasteiger partial charge in [-0.05, 0) is 12.8 Å². The average Bonchev–Trinajstić information content (AvgIpc) is 2.85. The molecule has 0 bridgehead atoms. The van der Waals surface area contributed by atoms with Crippen LogP contribution in [-0.4, -0.2) is 21.0 Å². The number of carboxylic acid groups (broad SMARTS) is 1. The van der Waals surface area contributed by atoms with E-state index in [2.05, 4.69) is 9.97 Å². The number of carbonyl (C=O) groups is 1. The van der Waals surface area contributed by atoms with Gasteiger partial charge in [0.05, 0.1) is 5.69 Å². The molecule has 1 heterocycles. The summed E-state index contributed by atoms with van der Waals surface area (Å²) in [6.45, 7) is 0. The summed E-state index contributed by atoms with van der Waals surface area (Å²) in [5.74, 6) is -0.708. The second kappa shape index (κ2) is 2.69. The molecule has 0 radical (unpaired) electrons. The molecule has 1 aromatic rings. The lowest BCUT2D eigenvalue weighted by atomic mass is 10.1. The number of nitrogen functional groups attached to an aromatic ring is 1. The van der Waals surface area contributed by atoms with E-state index in [1.165, 1.54) is 6.33 Å². The van der Waals surface area contributed by atoms with Crippen molar-refractivity contribution in [2.24, 2.45) is 0 Å². The maximum atomic E-state index is 10.8. The molecule has 0 saturated heterocycles. The molecule has 5 heteroatoms. The van der Waals surface area contributed by atoms with Crippen molar-refractivity contribution in [3.05, 3.63) is 17.6 Å². The number of aromatic carboxylic acids is 1. The fourth-order valence-corrected chi connectivity index (χ4v) is 1.30. The molecule has 1 aliphatic rings. The zero-order valence-electron chi connectivity index (χ0n) is 6.90. The van der Waals surface area contributed by atoms with Crippen LogP contribution in [0.4, 0.5) is 5.82 Å². The van der Waals surface area contributed by atoms with Crippen molar-refractivity contribution < 1.29 is 9.90 Å². The quantitative estimate of drug-likeness (QED) is 0.695. The number of rotatable bonds is 2. The summed E-state index contributed by atoms with van der Waals surface area (Å²) in [5, 5.41) is 8.86. The normalized spacial score (nSPS) is 15.7. The van der Waals surface area contributed by atoms with Gasteiger partial charge in [-0.3, -0.25) is 0 Å². The lowest BCUT2D eigenvalue weighted by Crippen LogP contribution is -2.09. The van der Waals surface area contributed by atoms with Gasteiger partial charge in [-0.2, -0.15) is 0 Å². The van der Waals surface area contributed by atoms with E-state index in [0.29, 0.717) is 5.69 Å². The number of nitrogens with two attached hydrogens (primary N) is 1. The topological polar surface area (TPSA) is 89.1 Å². The highest BCUT2D eigenvalue weighted by molar-refractivity contribution is 5.94. The Morgan fingerprint density at radius 2 is 2.23 bits per heavy atom. The van der Waals surface area contributed by atoms with Crippen molar-refractivity contribution in [3.8, 4) is 0 Å². The molecule has 0 aliphatic heterocycles. The largest absolute Gasteiger partial charge is 0.477 e. The Kier molecular flexibility index (Phi) is 1.65. The van der Waals surface area contributed by atoms with E-state index in [9.17, 15) is 4.79 Å². The van der Waals surface area contributed by atoms with Crippen molar-refractivity contribution in [3.63, 3.8) is 0 Å². The van der Waals surface area contributed by atoms with Crippen LogP contribution < -0.4 is 5.73 Å². The summed E-state index contributed by atoms with van der Waals surface area (Å²) in [5.41, 5.74) is 6.11. The second-order valence-electron chi connectivity index (χ2n) is 3.10. The zero-order valence-corrected chi connectivity index (χ0v) is 6.90. The van der Waals surface area contributed by atoms with E-state index >= 15 is 0 Å². The molecule has 1 fully saturated rings. The Bertz CT molecular complexity index is 360. The molecule has 2 rings (SSSR count). The van der Waals surface area contributed by atoms with Crippen molar-refractivity contribution >= 4 is 11.8 Å². The summed E-state index contributed by atoms with van der Waals surface area (Å²) < 4.78 is 0. The number of anilines is 1. The van der Waals surface area contributed by atoms with Gasteiger partial charge in [-0.15, -0.1) is 0 Å². The van der Waals surface area contributed by atoms with E-state index in [-0.39, 0.29) is 17.3 Å². The molecule has 0 unspecified atom stereocenters. The van der Waals surface area contributed by atoms with Gasteiger partial charge in [0.1, 0.15) is 17.7 Å². The van der Waals surface area contributed by atoms with Gasteiger partial charge in [0.15, 0.2) is 0 Å². The minimum atomic E-state index is -1.04. The van der Waals surface area contributed by atoms with Gasteiger partial charge >= 0.3 is 5.97 Å². The Labute approximate surface area is 74.6 Å². The minimum Gasteiger partial charge on any atom is -0.477 e. The summed E-state index contributed by atoms with van der Waals surface area (Å²) >= 11 is 0. The average molecular weight is 179 g/mol. The Balaban J connectivity index is 2.53. The molecular formula is C8H9N3O2. The van der Waals surface area contributed by atoms with E-state index in [0.717, 1.165) is 12.8 Å². The van der Waals surface area contributed by atoms with Gasteiger partial charge in [0, 0.05) is 5.92 Å². The minimum absolute atomic E-state index is 0.0596. The molecule has 1 aliphatic carbocycles. The lowest BCUT2D eigenvalue weighted by molar-refractivity contribution is 0.0696. The van der Waals surface area contributed by atoms with Gasteiger partial charge in [0.25, 0.3) is 0 Å². The van der Waals surface area contributed by atoms with E-state index < -0.39 is 5.97 Å². The maximum absolute atomic E-state index is 10.8. The Hall–Kier alpha value is -1.65. The molecule has 13 heavy (non-hydrogen) atoms. The standard InChI is InChI=1S/C8H9N3O2/c9-7-5(8(12)13)6(4-1-2-4)10-3-11-7/h3-4H,1-2H2,(H,12,13)(H2,9,10,11). The third-order valence-electron chi connectivity index (χ3n) is 2.08. The second-order valence-corrected chi connectivity index (χ2v) is 3.10. The predicted octanol–water partition coefficient (Wildman–Crippen LogP) is 0.634. The fourth-order valence-electron chi connectivity index (χ4n) is 1.30. The number of nitrogens with zero attached hydrogens (tertiary/aromatic N) is 2. The van der Waals surface area contributed by atoms with Crippen LogP contribution in [0.3, 0.4) is 0 Å². The first kappa shape index (κ1) is 7.97. The predicted molar refractivity (Wildman–Crippen MR) is 45.4 cm³/mol. The molecule has 0 amide bonds. The van der Waals surface area contributed by atoms with E-state index in [1.54, 1.807) is 0 Å². The van der Waals surface area contributed by atoms with Crippen LogP contribution >= 0.6 is 0 Å². The smallest absolute Gasteiger partial charge is 0.341 e. The number of aromatic nitrogens is 2. The monoisotopic (exact) mass is 179 g/mol. The van der Waals surface area contributed by atoms with Crippen LogP contribution in [0.1, 0.15) is 34.8 Å². The summed E-state index contributed by atoms with van der Waals surface area (Å²) in [6, 6.07) is 0. The van der Waals surface area contributed by atoms with Crippen molar-refractivity contribution in [1.82, 2.24) is 9.97 Å². The van der Waals surface area contributed by atoms with Crippen LogP contribution in [-0.2, 0) is 0 Å². The molecule has 0 atom stereocenters. The van der Waals surface area contributed by atoms with Crippen LogP contribution in [0.25, 0.3) is 0 Å². The highest BCUT2D eigenvalue weighted by Gasteiger charge is 2.31. The van der Waals surface area contributed by atoms with Crippen molar-refractivity contribution in [2.75, 3.05) is 5.73 Å². The molecular weight excluding hydrogens is 170 g/mol. The Morgan fingerprint density at radius 3 is 2.77 bits per heavy atom. The third-order valence-corrected chi connectivity index (χ3v) is 2.08. The lowest BCUT2D eigenvalue weighted by Gasteiger charge is -2.04. The van der Waals surface area contributed by atoms with Gasteiger partial charge in [0.2, 0.25) is 0 Å². The fraction of sp³-hybridized carbons (Fsp3) is 0.375. The Morgan fingerprint density at radius 1 is 1.54 bits per heavy atom. The van der Waals surface area contributed by atoms with Crippen LogP contribution in [0.15, 0.2) is 6.33 Å². The van der Waals surface area contributed by atoms with Crippen LogP contribution in [0.5, 0.6) is 0 Å². The van der Waals surface area contributed by atoms with Crippen LogP contribution in [0, 0.1) is 0 Å². The number of hydrogen-bond donors (Lipinski definition) is 2. The van der Waals surface area contributed by atoms with Gasteiger partial charge < -0.3 is 10.8 Å². The van der Waals surface area contributed by atoms with Crippen molar-refractivity contribution in [2.45, 2.75) is 18.8 Å². The highest BCUT2D eigenvalue weighted by Crippen LogP contribution is 2.41. The SMILES string of the molecule is Nc1ncnc(C2CC2)c1C(=O)O. The number of carboxylic acids is 1.